The maximum absolute atomic E-state index is 12.0. The first-order valence-corrected chi connectivity index (χ1v) is 7.79. The van der Waals surface area contributed by atoms with Crippen LogP contribution in [0.15, 0.2) is 48.5 Å². The second-order valence-electron chi connectivity index (χ2n) is 4.35. The van der Waals surface area contributed by atoms with Crippen LogP contribution in [0.5, 0.6) is 0 Å². The third-order valence-corrected chi connectivity index (χ3v) is 4.11. The van der Waals surface area contributed by atoms with E-state index in [1.807, 2.05) is 19.1 Å². The normalized spacial score (nSPS) is 11.3. The van der Waals surface area contributed by atoms with Crippen LogP contribution in [-0.4, -0.2) is 8.42 Å². The van der Waals surface area contributed by atoms with E-state index in [0.717, 1.165) is 5.56 Å². The summed E-state index contributed by atoms with van der Waals surface area (Å²) in [6.07, 6.45) is 0. The summed E-state index contributed by atoms with van der Waals surface area (Å²) in [6.45, 7) is 1.95. The van der Waals surface area contributed by atoms with Crippen molar-refractivity contribution in [3.05, 3.63) is 64.7 Å². The molecule has 0 aliphatic rings. The molecule has 0 aromatic heterocycles. The third kappa shape index (κ3) is 4.26. The Hall–Kier alpha value is -1.52. The molecule has 0 aliphatic heterocycles. The zero-order valence-electron chi connectivity index (χ0n) is 10.4. The molecule has 5 heteroatoms. The third-order valence-electron chi connectivity index (χ3n) is 2.59. The van der Waals surface area contributed by atoms with Crippen molar-refractivity contribution in [3.8, 4) is 0 Å². The van der Waals surface area contributed by atoms with Gasteiger partial charge in [0.1, 0.15) is 0 Å². The predicted octanol–water partition coefficient (Wildman–Crippen LogP) is 3.59. The molecule has 0 saturated heterocycles. The molecule has 0 saturated carbocycles. The quantitative estimate of drug-likeness (QED) is 0.937. The summed E-state index contributed by atoms with van der Waals surface area (Å²) >= 11 is 5.76. The standard InChI is InChI=1S/C14H14ClNO2S/c1-11-2-8-14(9-3-11)16-19(17,18)10-12-4-6-13(15)7-5-12/h2-9,16H,10H2,1H3. The molecule has 0 aliphatic carbocycles. The molecule has 0 heterocycles. The number of rotatable bonds is 4. The van der Waals surface area contributed by atoms with Crippen molar-refractivity contribution in [1.29, 1.82) is 0 Å². The predicted molar refractivity (Wildman–Crippen MR) is 78.9 cm³/mol. The van der Waals surface area contributed by atoms with Gasteiger partial charge in [0.2, 0.25) is 10.0 Å². The average Bonchev–Trinajstić information content (AvgIpc) is 2.34. The maximum atomic E-state index is 12.0. The van der Waals surface area contributed by atoms with Gasteiger partial charge in [-0.2, -0.15) is 0 Å². The lowest BCUT2D eigenvalue weighted by molar-refractivity contribution is 0.600. The van der Waals surface area contributed by atoms with Gasteiger partial charge in [-0.15, -0.1) is 0 Å². The number of hydrogen-bond acceptors (Lipinski definition) is 2. The van der Waals surface area contributed by atoms with E-state index in [-0.39, 0.29) is 5.75 Å². The number of aryl methyl sites for hydroxylation is 1. The Morgan fingerprint density at radius 2 is 1.58 bits per heavy atom. The molecule has 2 aromatic rings. The minimum absolute atomic E-state index is 0.0714. The van der Waals surface area contributed by atoms with E-state index in [4.69, 9.17) is 11.6 Å². The summed E-state index contributed by atoms with van der Waals surface area (Å²) in [4.78, 5) is 0. The SMILES string of the molecule is Cc1ccc(NS(=O)(=O)Cc2ccc(Cl)cc2)cc1. The molecule has 0 spiro atoms. The Bertz CT molecular complexity index is 595. The van der Waals surface area contributed by atoms with Crippen molar-refractivity contribution < 1.29 is 8.42 Å². The first-order chi connectivity index (χ1) is 8.94. The molecule has 0 radical (unpaired) electrons. The largest absolute Gasteiger partial charge is 0.283 e. The number of anilines is 1. The number of halogens is 1. The van der Waals surface area contributed by atoms with Crippen molar-refractivity contribution in [3.63, 3.8) is 0 Å². The van der Waals surface area contributed by atoms with E-state index in [1.54, 1.807) is 36.4 Å². The fraction of sp³-hybridized carbons (Fsp3) is 0.143. The molecule has 2 rings (SSSR count). The number of sulfonamides is 1. The lowest BCUT2D eigenvalue weighted by Crippen LogP contribution is -2.14. The Balaban J connectivity index is 2.10. The fourth-order valence-corrected chi connectivity index (χ4v) is 2.96. The molecule has 0 fully saturated rings. The number of nitrogens with one attached hydrogen (secondary N) is 1. The second-order valence-corrected chi connectivity index (χ2v) is 6.51. The summed E-state index contributed by atoms with van der Waals surface area (Å²) in [5.41, 5.74) is 2.35. The van der Waals surface area contributed by atoms with Gasteiger partial charge < -0.3 is 0 Å². The molecular formula is C14H14ClNO2S. The van der Waals surface area contributed by atoms with Gasteiger partial charge in [-0.3, -0.25) is 4.72 Å². The number of benzene rings is 2. The van der Waals surface area contributed by atoms with Gasteiger partial charge in [0.05, 0.1) is 5.75 Å². The van der Waals surface area contributed by atoms with Gasteiger partial charge in [0.25, 0.3) is 0 Å². The van der Waals surface area contributed by atoms with E-state index in [1.165, 1.54) is 0 Å². The zero-order chi connectivity index (χ0) is 13.9. The van der Waals surface area contributed by atoms with Crippen LogP contribution in [0.2, 0.25) is 5.02 Å². The fourth-order valence-electron chi connectivity index (χ4n) is 1.64. The highest BCUT2D eigenvalue weighted by molar-refractivity contribution is 7.91. The van der Waals surface area contributed by atoms with Crippen LogP contribution in [0.25, 0.3) is 0 Å². The molecular weight excluding hydrogens is 282 g/mol. The van der Waals surface area contributed by atoms with Gasteiger partial charge in [0, 0.05) is 10.7 Å². The highest BCUT2D eigenvalue weighted by atomic mass is 35.5. The lowest BCUT2D eigenvalue weighted by atomic mass is 10.2. The van der Waals surface area contributed by atoms with Gasteiger partial charge in [-0.25, -0.2) is 8.42 Å². The molecule has 2 aromatic carbocycles. The number of hydrogen-bond donors (Lipinski definition) is 1. The van der Waals surface area contributed by atoms with E-state index in [0.29, 0.717) is 16.3 Å². The minimum atomic E-state index is -3.41. The van der Waals surface area contributed by atoms with Crippen molar-refractivity contribution in [2.75, 3.05) is 4.72 Å². The van der Waals surface area contributed by atoms with Crippen LogP contribution in [-0.2, 0) is 15.8 Å². The molecule has 3 nitrogen and oxygen atoms in total. The molecule has 0 bridgehead atoms. The average molecular weight is 296 g/mol. The topological polar surface area (TPSA) is 46.2 Å². The van der Waals surface area contributed by atoms with Gasteiger partial charge in [0.15, 0.2) is 0 Å². The molecule has 1 N–H and O–H groups in total. The van der Waals surface area contributed by atoms with Gasteiger partial charge in [-0.1, -0.05) is 41.4 Å². The minimum Gasteiger partial charge on any atom is -0.283 e. The lowest BCUT2D eigenvalue weighted by Gasteiger charge is -2.08. The summed E-state index contributed by atoms with van der Waals surface area (Å²) in [5, 5.41) is 0.590. The summed E-state index contributed by atoms with van der Waals surface area (Å²) in [5.74, 6) is -0.0714. The van der Waals surface area contributed by atoms with Crippen LogP contribution in [0.1, 0.15) is 11.1 Å². The van der Waals surface area contributed by atoms with Gasteiger partial charge in [-0.05, 0) is 36.8 Å². The van der Waals surface area contributed by atoms with E-state index in [2.05, 4.69) is 4.72 Å². The first-order valence-electron chi connectivity index (χ1n) is 5.76. The van der Waals surface area contributed by atoms with Crippen LogP contribution >= 0.6 is 11.6 Å². The molecule has 0 amide bonds. The summed E-state index contributed by atoms with van der Waals surface area (Å²) in [7, 11) is -3.41. The van der Waals surface area contributed by atoms with Crippen LogP contribution in [0, 0.1) is 6.92 Å². The van der Waals surface area contributed by atoms with Crippen molar-refractivity contribution in [2.45, 2.75) is 12.7 Å². The highest BCUT2D eigenvalue weighted by Gasteiger charge is 2.11. The van der Waals surface area contributed by atoms with Crippen molar-refractivity contribution in [1.82, 2.24) is 0 Å². The van der Waals surface area contributed by atoms with Crippen LogP contribution in [0.4, 0.5) is 5.69 Å². The Morgan fingerprint density at radius 3 is 2.16 bits per heavy atom. The molecule has 0 atom stereocenters. The Morgan fingerprint density at radius 1 is 1.00 bits per heavy atom. The monoisotopic (exact) mass is 295 g/mol. The van der Waals surface area contributed by atoms with Crippen LogP contribution < -0.4 is 4.72 Å². The second kappa shape index (κ2) is 5.63. The maximum Gasteiger partial charge on any atom is 0.236 e. The summed E-state index contributed by atoms with van der Waals surface area (Å²) < 4.78 is 26.5. The van der Waals surface area contributed by atoms with Crippen molar-refractivity contribution in [2.24, 2.45) is 0 Å². The Labute approximate surface area is 118 Å². The molecule has 100 valence electrons. The smallest absolute Gasteiger partial charge is 0.236 e. The van der Waals surface area contributed by atoms with Crippen LogP contribution in [0.3, 0.4) is 0 Å². The zero-order valence-corrected chi connectivity index (χ0v) is 12.0. The van der Waals surface area contributed by atoms with E-state index in [9.17, 15) is 8.42 Å². The highest BCUT2D eigenvalue weighted by Crippen LogP contribution is 2.15. The van der Waals surface area contributed by atoms with E-state index < -0.39 is 10.0 Å². The first kappa shape index (κ1) is 13.9. The molecule has 19 heavy (non-hydrogen) atoms. The molecule has 0 unspecified atom stereocenters. The van der Waals surface area contributed by atoms with Gasteiger partial charge >= 0.3 is 0 Å². The Kier molecular flexibility index (Phi) is 4.12. The van der Waals surface area contributed by atoms with Crippen molar-refractivity contribution >= 4 is 27.3 Å². The van der Waals surface area contributed by atoms with E-state index >= 15 is 0 Å². The summed E-state index contributed by atoms with van der Waals surface area (Å²) in [6, 6.07) is 14.0.